The van der Waals surface area contributed by atoms with Gasteiger partial charge in [0, 0.05) is 18.3 Å². The Labute approximate surface area is 174 Å². The van der Waals surface area contributed by atoms with Gasteiger partial charge in [-0.2, -0.15) is 11.8 Å². The van der Waals surface area contributed by atoms with Crippen LogP contribution in [0.25, 0.3) is 0 Å². The molecule has 25 heavy (non-hydrogen) atoms. The van der Waals surface area contributed by atoms with Gasteiger partial charge in [-0.1, -0.05) is 24.3 Å². The first-order valence-corrected chi connectivity index (χ1v) is 10.1. The van der Waals surface area contributed by atoms with Crippen LogP contribution < -0.4 is 10.6 Å². The summed E-state index contributed by atoms with van der Waals surface area (Å²) in [4.78, 5) is 4.73. The summed E-state index contributed by atoms with van der Waals surface area (Å²) in [6.45, 7) is 9.45. The van der Waals surface area contributed by atoms with E-state index in [0.29, 0.717) is 13.2 Å². The second-order valence-corrected chi connectivity index (χ2v) is 7.80. The molecule has 0 aliphatic carbocycles. The molecule has 2 N–H and O–H groups in total. The lowest BCUT2D eigenvalue weighted by molar-refractivity contribution is 0.0657. The number of aliphatic imine (C=N–C) groups is 1. The molecular weight excluding hydrogens is 445 g/mol. The van der Waals surface area contributed by atoms with Crippen LogP contribution in [0.5, 0.6) is 0 Å². The fourth-order valence-electron chi connectivity index (χ4n) is 2.61. The molecule has 2 rings (SSSR count). The Bertz CT molecular complexity index is 519. The summed E-state index contributed by atoms with van der Waals surface area (Å²) >= 11 is 2.07. The number of nitrogens with one attached hydrogen (secondary N) is 2. The van der Waals surface area contributed by atoms with Crippen molar-refractivity contribution in [3.05, 3.63) is 35.4 Å². The molecule has 0 bridgehead atoms. The Morgan fingerprint density at radius 1 is 1.32 bits per heavy atom. The fourth-order valence-corrected chi connectivity index (χ4v) is 3.81. The van der Waals surface area contributed by atoms with E-state index in [9.17, 15) is 0 Å². The number of ether oxygens (including phenoxy) is 1. The third-order valence-electron chi connectivity index (χ3n) is 3.86. The van der Waals surface area contributed by atoms with Gasteiger partial charge in [0.1, 0.15) is 0 Å². The summed E-state index contributed by atoms with van der Waals surface area (Å²) in [5, 5.41) is 7.54. The highest BCUT2D eigenvalue weighted by Gasteiger charge is 2.15. The number of hydrogen-bond acceptors (Lipinski definition) is 3. The molecule has 1 aliphatic rings. The van der Waals surface area contributed by atoms with E-state index in [1.807, 2.05) is 0 Å². The highest BCUT2D eigenvalue weighted by molar-refractivity contribution is 14.0. The fraction of sp³-hybridized carbons (Fsp3) is 0.632. The normalized spacial score (nSPS) is 17.4. The minimum atomic E-state index is 0. The highest BCUT2D eigenvalue weighted by Crippen LogP contribution is 2.25. The molecule has 1 unspecified atom stereocenters. The third kappa shape index (κ3) is 9.15. The highest BCUT2D eigenvalue weighted by atomic mass is 127. The van der Waals surface area contributed by atoms with Crippen molar-refractivity contribution in [2.45, 2.75) is 58.1 Å². The SMILES string of the molecule is CCNC(=NCc1cccc(COC(C)C)c1)NCC1CCCS1.I. The number of halogens is 1. The van der Waals surface area contributed by atoms with Crippen molar-refractivity contribution < 1.29 is 4.74 Å². The van der Waals surface area contributed by atoms with Crippen LogP contribution in [0.15, 0.2) is 29.3 Å². The smallest absolute Gasteiger partial charge is 0.191 e. The van der Waals surface area contributed by atoms with Crippen LogP contribution in [0.3, 0.4) is 0 Å². The molecule has 0 radical (unpaired) electrons. The first-order chi connectivity index (χ1) is 11.7. The Morgan fingerprint density at radius 3 is 2.80 bits per heavy atom. The average Bonchev–Trinajstić information content (AvgIpc) is 3.09. The van der Waals surface area contributed by atoms with Crippen molar-refractivity contribution in [1.29, 1.82) is 0 Å². The first-order valence-electron chi connectivity index (χ1n) is 9.00. The third-order valence-corrected chi connectivity index (χ3v) is 5.26. The lowest BCUT2D eigenvalue weighted by Crippen LogP contribution is -2.40. The van der Waals surface area contributed by atoms with Crippen molar-refractivity contribution in [2.75, 3.05) is 18.8 Å². The molecule has 0 aromatic heterocycles. The molecule has 1 aromatic rings. The van der Waals surface area contributed by atoms with Crippen LogP contribution in [0, 0.1) is 0 Å². The Balaban J connectivity index is 0.00000312. The van der Waals surface area contributed by atoms with Crippen LogP contribution in [0.1, 0.15) is 44.7 Å². The van der Waals surface area contributed by atoms with Gasteiger partial charge >= 0.3 is 0 Å². The minimum Gasteiger partial charge on any atom is -0.374 e. The van der Waals surface area contributed by atoms with E-state index in [-0.39, 0.29) is 30.1 Å². The Morgan fingerprint density at radius 2 is 2.12 bits per heavy atom. The van der Waals surface area contributed by atoms with E-state index in [1.165, 1.54) is 29.7 Å². The maximum atomic E-state index is 5.68. The number of hydrogen-bond donors (Lipinski definition) is 2. The zero-order valence-electron chi connectivity index (χ0n) is 15.6. The topological polar surface area (TPSA) is 45.7 Å². The van der Waals surface area contributed by atoms with Crippen molar-refractivity contribution in [3.8, 4) is 0 Å². The van der Waals surface area contributed by atoms with E-state index in [0.717, 1.165) is 24.3 Å². The van der Waals surface area contributed by atoms with Gasteiger partial charge in [-0.25, -0.2) is 4.99 Å². The summed E-state index contributed by atoms with van der Waals surface area (Å²) in [6.07, 6.45) is 2.91. The number of rotatable bonds is 8. The predicted octanol–water partition coefficient (Wildman–Crippen LogP) is 4.18. The maximum absolute atomic E-state index is 5.68. The minimum absolute atomic E-state index is 0. The second kappa shape index (κ2) is 12.8. The second-order valence-electron chi connectivity index (χ2n) is 6.39. The molecule has 1 heterocycles. The molecule has 1 saturated heterocycles. The summed E-state index contributed by atoms with van der Waals surface area (Å²) in [5.74, 6) is 2.21. The molecule has 0 saturated carbocycles. The zero-order valence-corrected chi connectivity index (χ0v) is 18.7. The van der Waals surface area contributed by atoms with Gasteiger partial charge < -0.3 is 15.4 Å². The number of guanidine groups is 1. The van der Waals surface area contributed by atoms with Gasteiger partial charge in [0.05, 0.1) is 19.3 Å². The quantitative estimate of drug-likeness (QED) is 0.335. The predicted molar refractivity (Wildman–Crippen MR) is 120 cm³/mol. The molecule has 1 aliphatic heterocycles. The summed E-state index contributed by atoms with van der Waals surface area (Å²) in [6, 6.07) is 8.50. The molecule has 1 atom stereocenters. The molecule has 6 heteroatoms. The van der Waals surface area contributed by atoms with Crippen molar-refractivity contribution in [1.82, 2.24) is 10.6 Å². The van der Waals surface area contributed by atoms with Crippen LogP contribution >= 0.6 is 35.7 Å². The summed E-state index contributed by atoms with van der Waals surface area (Å²) < 4.78 is 5.68. The van der Waals surface area contributed by atoms with Crippen molar-refractivity contribution >= 4 is 41.7 Å². The van der Waals surface area contributed by atoms with Crippen LogP contribution in [-0.2, 0) is 17.9 Å². The van der Waals surface area contributed by atoms with E-state index in [4.69, 9.17) is 9.73 Å². The van der Waals surface area contributed by atoms with Gasteiger partial charge in [-0.05, 0) is 50.5 Å². The molecule has 4 nitrogen and oxygen atoms in total. The Hall–Kier alpha value is -0.470. The molecule has 0 spiro atoms. The van der Waals surface area contributed by atoms with E-state index in [2.05, 4.69) is 67.4 Å². The lowest BCUT2D eigenvalue weighted by Gasteiger charge is -2.14. The summed E-state index contributed by atoms with van der Waals surface area (Å²) in [7, 11) is 0. The Kier molecular flexibility index (Phi) is 11.6. The van der Waals surface area contributed by atoms with Crippen LogP contribution in [0.2, 0.25) is 0 Å². The number of thioether (sulfide) groups is 1. The van der Waals surface area contributed by atoms with E-state index < -0.39 is 0 Å². The van der Waals surface area contributed by atoms with E-state index in [1.54, 1.807) is 0 Å². The van der Waals surface area contributed by atoms with E-state index >= 15 is 0 Å². The molecule has 1 aromatic carbocycles. The lowest BCUT2D eigenvalue weighted by atomic mass is 10.1. The van der Waals surface area contributed by atoms with Gasteiger partial charge in [-0.15, -0.1) is 24.0 Å². The largest absolute Gasteiger partial charge is 0.374 e. The monoisotopic (exact) mass is 477 g/mol. The maximum Gasteiger partial charge on any atom is 0.191 e. The zero-order chi connectivity index (χ0) is 17.2. The van der Waals surface area contributed by atoms with Crippen LogP contribution in [-0.4, -0.2) is 36.2 Å². The molecular formula is C19H32IN3OS. The average molecular weight is 477 g/mol. The molecule has 142 valence electrons. The van der Waals surface area contributed by atoms with Crippen molar-refractivity contribution in [2.24, 2.45) is 4.99 Å². The molecule has 1 fully saturated rings. The van der Waals surface area contributed by atoms with Gasteiger partial charge in [0.2, 0.25) is 0 Å². The standard InChI is InChI=1S/C19H31N3OS.HI/c1-4-20-19(22-13-18-9-6-10-24-18)21-12-16-7-5-8-17(11-16)14-23-15(2)3;/h5,7-8,11,15,18H,4,6,9-10,12-14H2,1-3H3,(H2,20,21,22);1H. The summed E-state index contributed by atoms with van der Waals surface area (Å²) in [5.41, 5.74) is 2.42. The van der Waals surface area contributed by atoms with Gasteiger partial charge in [0.25, 0.3) is 0 Å². The van der Waals surface area contributed by atoms with Crippen LogP contribution in [0.4, 0.5) is 0 Å². The van der Waals surface area contributed by atoms with Crippen molar-refractivity contribution in [3.63, 3.8) is 0 Å². The van der Waals surface area contributed by atoms with Gasteiger partial charge in [0.15, 0.2) is 5.96 Å². The molecule has 0 amide bonds. The number of benzene rings is 1. The number of nitrogens with zero attached hydrogens (tertiary/aromatic N) is 1. The van der Waals surface area contributed by atoms with Gasteiger partial charge in [-0.3, -0.25) is 0 Å². The first kappa shape index (κ1) is 22.6.